The Balaban J connectivity index is 1.39. The van der Waals surface area contributed by atoms with Crippen molar-refractivity contribution in [2.24, 2.45) is 0 Å². The number of hydrogen-bond donors (Lipinski definition) is 0. The maximum atomic E-state index is 12.6. The molecule has 1 aliphatic heterocycles. The normalized spacial score (nSPS) is 19.1. The average molecular weight is 311 g/mol. The van der Waals surface area contributed by atoms with Crippen LogP contribution in [0.5, 0.6) is 0 Å². The first-order valence-electron chi connectivity index (χ1n) is 8.40. The second-order valence-electron chi connectivity index (χ2n) is 6.69. The van der Waals surface area contributed by atoms with Crippen molar-refractivity contribution in [2.75, 3.05) is 13.1 Å². The van der Waals surface area contributed by atoms with E-state index in [-0.39, 0.29) is 11.8 Å². The molecule has 2 fully saturated rings. The molecule has 5 heteroatoms. The summed E-state index contributed by atoms with van der Waals surface area (Å²) in [5, 5.41) is 8.39. The average Bonchev–Trinajstić information content (AvgIpc) is 3.32. The predicted octanol–water partition coefficient (Wildman–Crippen LogP) is 3.28. The zero-order valence-corrected chi connectivity index (χ0v) is 13.4. The Labute approximate surface area is 135 Å². The van der Waals surface area contributed by atoms with E-state index in [0.717, 1.165) is 48.8 Å². The molecular weight excluding hydrogens is 290 g/mol. The molecule has 0 atom stereocenters. The van der Waals surface area contributed by atoms with Crippen molar-refractivity contribution < 1.29 is 9.21 Å². The largest absolute Gasteiger partial charge is 0.425 e. The number of aryl methyl sites for hydroxylation is 1. The predicted molar refractivity (Wildman–Crippen MR) is 85.3 cm³/mol. The molecule has 1 amide bonds. The Bertz CT molecular complexity index is 713. The molecule has 1 saturated carbocycles. The maximum absolute atomic E-state index is 12.6. The van der Waals surface area contributed by atoms with E-state index < -0.39 is 0 Å². The summed E-state index contributed by atoms with van der Waals surface area (Å²) in [6.07, 6.45) is 4.13. The van der Waals surface area contributed by atoms with E-state index in [2.05, 4.69) is 10.2 Å². The lowest BCUT2D eigenvalue weighted by Gasteiger charge is -2.30. The van der Waals surface area contributed by atoms with E-state index in [1.807, 2.05) is 36.1 Å². The van der Waals surface area contributed by atoms with Gasteiger partial charge < -0.3 is 9.32 Å². The standard InChI is InChI=1S/C18H21N3O2/c1-12-3-2-4-15(11-12)18(22)21-9-7-14(8-10-21)17-20-19-16(23-17)13-5-6-13/h2-4,11,13-14H,5-10H2,1H3. The maximum Gasteiger partial charge on any atom is 0.253 e. The van der Waals surface area contributed by atoms with Crippen LogP contribution in [0.2, 0.25) is 0 Å². The fraction of sp³-hybridized carbons (Fsp3) is 0.500. The highest BCUT2D eigenvalue weighted by atomic mass is 16.4. The number of rotatable bonds is 3. The van der Waals surface area contributed by atoms with Gasteiger partial charge in [0.15, 0.2) is 0 Å². The van der Waals surface area contributed by atoms with Gasteiger partial charge in [0.25, 0.3) is 5.91 Å². The molecule has 5 nitrogen and oxygen atoms in total. The minimum Gasteiger partial charge on any atom is -0.425 e. The molecule has 1 aromatic carbocycles. The summed E-state index contributed by atoms with van der Waals surface area (Å²) in [5.41, 5.74) is 1.89. The van der Waals surface area contributed by atoms with Crippen LogP contribution >= 0.6 is 0 Å². The molecule has 2 heterocycles. The third-order valence-electron chi connectivity index (χ3n) is 4.78. The third-order valence-corrected chi connectivity index (χ3v) is 4.78. The van der Waals surface area contributed by atoms with Crippen molar-refractivity contribution in [1.82, 2.24) is 15.1 Å². The van der Waals surface area contributed by atoms with Gasteiger partial charge in [-0.05, 0) is 44.7 Å². The molecule has 120 valence electrons. The number of nitrogens with zero attached hydrogens (tertiary/aromatic N) is 3. The fourth-order valence-corrected chi connectivity index (χ4v) is 3.20. The first-order valence-corrected chi connectivity index (χ1v) is 8.40. The molecule has 4 rings (SSSR count). The second-order valence-corrected chi connectivity index (χ2v) is 6.69. The molecule has 0 N–H and O–H groups in total. The minimum atomic E-state index is 0.122. The fourth-order valence-electron chi connectivity index (χ4n) is 3.20. The number of piperidine rings is 1. The number of carbonyl (C=O) groups excluding carboxylic acids is 1. The topological polar surface area (TPSA) is 59.2 Å². The van der Waals surface area contributed by atoms with Gasteiger partial charge in [0.05, 0.1) is 0 Å². The summed E-state index contributed by atoms with van der Waals surface area (Å²) >= 11 is 0. The lowest BCUT2D eigenvalue weighted by Crippen LogP contribution is -2.38. The van der Waals surface area contributed by atoms with Gasteiger partial charge in [0.2, 0.25) is 11.8 Å². The number of likely N-dealkylation sites (tertiary alicyclic amines) is 1. The molecule has 2 aromatic rings. The highest BCUT2D eigenvalue weighted by molar-refractivity contribution is 5.94. The first kappa shape index (κ1) is 14.4. The first-order chi connectivity index (χ1) is 11.2. The number of aromatic nitrogens is 2. The van der Waals surface area contributed by atoms with Crippen LogP contribution in [0.3, 0.4) is 0 Å². The van der Waals surface area contributed by atoms with Gasteiger partial charge in [0.1, 0.15) is 0 Å². The molecule has 0 unspecified atom stereocenters. The number of amides is 1. The van der Waals surface area contributed by atoms with Gasteiger partial charge in [-0.3, -0.25) is 4.79 Å². The Hall–Kier alpha value is -2.17. The van der Waals surface area contributed by atoms with Gasteiger partial charge in [0, 0.05) is 30.5 Å². The van der Waals surface area contributed by atoms with E-state index in [1.54, 1.807) is 0 Å². The number of benzene rings is 1. The van der Waals surface area contributed by atoms with Crippen LogP contribution in [0.25, 0.3) is 0 Å². The Morgan fingerprint density at radius 1 is 1.09 bits per heavy atom. The van der Waals surface area contributed by atoms with Gasteiger partial charge in [-0.15, -0.1) is 10.2 Å². The summed E-state index contributed by atoms with van der Waals surface area (Å²) in [6.45, 7) is 3.51. The SMILES string of the molecule is Cc1cccc(C(=O)N2CCC(c3nnc(C4CC4)o3)CC2)c1. The Kier molecular flexibility index (Phi) is 3.63. The monoisotopic (exact) mass is 311 g/mol. The van der Waals surface area contributed by atoms with Gasteiger partial charge in [-0.2, -0.15) is 0 Å². The van der Waals surface area contributed by atoms with Crippen LogP contribution in [0.15, 0.2) is 28.7 Å². The van der Waals surface area contributed by atoms with Crippen molar-refractivity contribution in [3.63, 3.8) is 0 Å². The van der Waals surface area contributed by atoms with Crippen LogP contribution in [0.1, 0.15) is 65.2 Å². The quantitative estimate of drug-likeness (QED) is 0.873. The summed E-state index contributed by atoms with van der Waals surface area (Å²) in [5.74, 6) is 2.47. The van der Waals surface area contributed by atoms with Gasteiger partial charge in [-0.25, -0.2) is 0 Å². The van der Waals surface area contributed by atoms with Crippen LogP contribution in [-0.4, -0.2) is 34.1 Å². The van der Waals surface area contributed by atoms with E-state index in [4.69, 9.17) is 4.42 Å². The lowest BCUT2D eigenvalue weighted by atomic mass is 9.96. The summed E-state index contributed by atoms with van der Waals surface area (Å²) in [4.78, 5) is 14.5. The molecule has 0 bridgehead atoms. The van der Waals surface area contributed by atoms with E-state index in [0.29, 0.717) is 5.92 Å². The van der Waals surface area contributed by atoms with Crippen LogP contribution in [-0.2, 0) is 0 Å². The molecule has 23 heavy (non-hydrogen) atoms. The number of carbonyl (C=O) groups is 1. The lowest BCUT2D eigenvalue weighted by molar-refractivity contribution is 0.0706. The smallest absolute Gasteiger partial charge is 0.253 e. The van der Waals surface area contributed by atoms with Crippen LogP contribution in [0, 0.1) is 6.92 Å². The molecule has 0 spiro atoms. The molecule has 1 aromatic heterocycles. The van der Waals surface area contributed by atoms with Crippen molar-refractivity contribution in [3.8, 4) is 0 Å². The number of hydrogen-bond acceptors (Lipinski definition) is 4. The van der Waals surface area contributed by atoms with Crippen LogP contribution in [0.4, 0.5) is 0 Å². The van der Waals surface area contributed by atoms with Crippen molar-refractivity contribution in [1.29, 1.82) is 0 Å². The Morgan fingerprint density at radius 3 is 2.35 bits per heavy atom. The van der Waals surface area contributed by atoms with E-state index in [9.17, 15) is 4.79 Å². The zero-order valence-electron chi connectivity index (χ0n) is 13.4. The molecule has 0 radical (unpaired) electrons. The van der Waals surface area contributed by atoms with Gasteiger partial charge >= 0.3 is 0 Å². The Morgan fingerprint density at radius 2 is 1.74 bits per heavy atom. The molecular formula is C18H21N3O2. The van der Waals surface area contributed by atoms with Gasteiger partial charge in [-0.1, -0.05) is 17.7 Å². The summed E-state index contributed by atoms with van der Waals surface area (Å²) in [7, 11) is 0. The molecule has 2 aliphatic rings. The highest BCUT2D eigenvalue weighted by Crippen LogP contribution is 2.40. The summed E-state index contributed by atoms with van der Waals surface area (Å²) < 4.78 is 5.82. The van der Waals surface area contributed by atoms with Crippen LogP contribution < -0.4 is 0 Å². The molecule has 1 saturated heterocycles. The van der Waals surface area contributed by atoms with Crippen molar-refractivity contribution in [3.05, 3.63) is 47.2 Å². The minimum absolute atomic E-state index is 0.122. The van der Waals surface area contributed by atoms with E-state index >= 15 is 0 Å². The highest BCUT2D eigenvalue weighted by Gasteiger charge is 2.32. The zero-order chi connectivity index (χ0) is 15.8. The van der Waals surface area contributed by atoms with Crippen molar-refractivity contribution >= 4 is 5.91 Å². The van der Waals surface area contributed by atoms with Crippen molar-refractivity contribution in [2.45, 2.75) is 44.4 Å². The third kappa shape index (κ3) is 3.00. The second kappa shape index (κ2) is 5.80. The summed E-state index contributed by atoms with van der Waals surface area (Å²) in [6, 6.07) is 7.79. The van der Waals surface area contributed by atoms with E-state index in [1.165, 1.54) is 12.8 Å². The molecule has 1 aliphatic carbocycles.